The van der Waals surface area contributed by atoms with Crippen LogP contribution in [0.3, 0.4) is 0 Å². The third kappa shape index (κ3) is 5.03. The molecule has 1 amide bonds. The van der Waals surface area contributed by atoms with Gasteiger partial charge in [0.2, 0.25) is 5.91 Å². The highest BCUT2D eigenvalue weighted by atomic mass is 16.1. The fraction of sp³-hybridized carbons (Fsp3) is 0.238. The average Bonchev–Trinajstić information content (AvgIpc) is 3.10. The summed E-state index contributed by atoms with van der Waals surface area (Å²) in [7, 11) is 0. The van der Waals surface area contributed by atoms with Gasteiger partial charge in [0.05, 0.1) is 0 Å². The van der Waals surface area contributed by atoms with Gasteiger partial charge in [0.25, 0.3) is 0 Å². The molecule has 0 fully saturated rings. The van der Waals surface area contributed by atoms with Crippen molar-refractivity contribution < 1.29 is 4.79 Å². The van der Waals surface area contributed by atoms with Gasteiger partial charge in [0, 0.05) is 37.6 Å². The smallest absolute Gasteiger partial charge is 0.244 e. The van der Waals surface area contributed by atoms with Gasteiger partial charge in [-0.15, -0.1) is 0 Å². The van der Waals surface area contributed by atoms with Crippen LogP contribution in [0.2, 0.25) is 0 Å². The lowest BCUT2D eigenvalue weighted by Gasteiger charge is -2.10. The standard InChI is InChI=1S/C21H24N6O/c1-15-6-4-5-7-18(15)8-9-21(28)24-11-10-23-19-14-20(26-16(2)25-19)27-13-12-22-17(27)3/h4-9,12-14H,10-11H2,1-3H3,(H,24,28)(H,23,25,26)/b9-8+. The maximum absolute atomic E-state index is 12.0. The Labute approximate surface area is 164 Å². The number of amides is 1. The maximum Gasteiger partial charge on any atom is 0.244 e. The molecular formula is C21H24N6O. The fourth-order valence-electron chi connectivity index (χ4n) is 2.76. The van der Waals surface area contributed by atoms with Crippen LogP contribution in [0.15, 0.2) is 48.8 Å². The molecule has 0 unspecified atom stereocenters. The van der Waals surface area contributed by atoms with Crippen molar-refractivity contribution >= 4 is 17.8 Å². The van der Waals surface area contributed by atoms with E-state index in [0.29, 0.717) is 24.7 Å². The highest BCUT2D eigenvalue weighted by Crippen LogP contribution is 2.12. The van der Waals surface area contributed by atoms with Gasteiger partial charge in [-0.05, 0) is 38.0 Å². The van der Waals surface area contributed by atoms with Crippen molar-refractivity contribution in [1.29, 1.82) is 0 Å². The van der Waals surface area contributed by atoms with Gasteiger partial charge in [-0.25, -0.2) is 15.0 Å². The van der Waals surface area contributed by atoms with Gasteiger partial charge >= 0.3 is 0 Å². The Morgan fingerprint density at radius 1 is 1.14 bits per heavy atom. The number of hydrogen-bond acceptors (Lipinski definition) is 5. The Bertz CT molecular complexity index is 992. The highest BCUT2D eigenvalue weighted by molar-refractivity contribution is 5.91. The number of aryl methyl sites for hydroxylation is 3. The molecule has 0 saturated carbocycles. The minimum Gasteiger partial charge on any atom is -0.368 e. The monoisotopic (exact) mass is 376 g/mol. The molecule has 28 heavy (non-hydrogen) atoms. The minimum atomic E-state index is -0.126. The molecule has 0 aliphatic heterocycles. The second-order valence-electron chi connectivity index (χ2n) is 6.41. The summed E-state index contributed by atoms with van der Waals surface area (Å²) in [6, 6.07) is 9.80. The predicted molar refractivity (Wildman–Crippen MR) is 110 cm³/mol. The zero-order chi connectivity index (χ0) is 19.9. The van der Waals surface area contributed by atoms with Crippen molar-refractivity contribution in [1.82, 2.24) is 24.8 Å². The van der Waals surface area contributed by atoms with Crippen LogP contribution < -0.4 is 10.6 Å². The van der Waals surface area contributed by atoms with Crippen molar-refractivity contribution in [3.05, 3.63) is 71.6 Å². The van der Waals surface area contributed by atoms with E-state index in [1.54, 1.807) is 12.3 Å². The van der Waals surface area contributed by atoms with E-state index >= 15 is 0 Å². The number of carbonyl (C=O) groups is 1. The summed E-state index contributed by atoms with van der Waals surface area (Å²) in [4.78, 5) is 25.0. The Kier molecular flexibility index (Phi) is 6.16. The summed E-state index contributed by atoms with van der Waals surface area (Å²) in [6.45, 7) is 6.83. The lowest BCUT2D eigenvalue weighted by Crippen LogP contribution is -2.27. The summed E-state index contributed by atoms with van der Waals surface area (Å²) in [6.07, 6.45) is 6.98. The van der Waals surface area contributed by atoms with Crippen LogP contribution >= 0.6 is 0 Å². The number of hydrogen-bond donors (Lipinski definition) is 2. The Morgan fingerprint density at radius 3 is 2.71 bits per heavy atom. The predicted octanol–water partition coefficient (Wildman–Crippen LogP) is 2.83. The molecule has 3 rings (SSSR count). The molecule has 0 spiro atoms. The van der Waals surface area contributed by atoms with E-state index in [9.17, 15) is 4.79 Å². The number of nitrogens with one attached hydrogen (secondary N) is 2. The number of rotatable bonds is 7. The Balaban J connectivity index is 1.51. The normalized spacial score (nSPS) is 11.0. The molecule has 0 bridgehead atoms. The van der Waals surface area contributed by atoms with Crippen LogP contribution in [0.5, 0.6) is 0 Å². The Morgan fingerprint density at radius 2 is 1.96 bits per heavy atom. The first-order valence-corrected chi connectivity index (χ1v) is 9.14. The first-order chi connectivity index (χ1) is 13.5. The average molecular weight is 376 g/mol. The molecule has 2 N–H and O–H groups in total. The SMILES string of the molecule is Cc1nc(NCCNC(=O)/C=C/c2ccccc2C)cc(-n2ccnc2C)n1. The van der Waals surface area contributed by atoms with Gasteiger partial charge in [-0.2, -0.15) is 0 Å². The van der Waals surface area contributed by atoms with Crippen LogP contribution in [0, 0.1) is 20.8 Å². The number of carbonyl (C=O) groups excluding carboxylic acids is 1. The van der Waals surface area contributed by atoms with Crippen LogP contribution in [-0.2, 0) is 4.79 Å². The topological polar surface area (TPSA) is 84.7 Å². The van der Waals surface area contributed by atoms with E-state index in [2.05, 4.69) is 25.6 Å². The van der Waals surface area contributed by atoms with Crippen molar-refractivity contribution in [3.63, 3.8) is 0 Å². The number of aromatic nitrogens is 4. The summed E-state index contributed by atoms with van der Waals surface area (Å²) in [5.74, 6) is 2.87. The minimum absolute atomic E-state index is 0.126. The molecule has 0 atom stereocenters. The van der Waals surface area contributed by atoms with Gasteiger partial charge in [-0.3, -0.25) is 9.36 Å². The third-order valence-corrected chi connectivity index (χ3v) is 4.23. The molecule has 144 valence electrons. The molecule has 3 aromatic rings. The molecular weight excluding hydrogens is 352 g/mol. The van der Waals surface area contributed by atoms with Crippen LogP contribution in [0.25, 0.3) is 11.9 Å². The molecule has 0 aliphatic rings. The second kappa shape index (κ2) is 8.94. The first kappa shape index (κ1) is 19.3. The molecule has 2 heterocycles. The zero-order valence-corrected chi connectivity index (χ0v) is 16.3. The molecule has 1 aromatic carbocycles. The molecule has 7 heteroatoms. The lowest BCUT2D eigenvalue weighted by atomic mass is 10.1. The summed E-state index contributed by atoms with van der Waals surface area (Å²) < 4.78 is 1.90. The number of imidazole rings is 1. The van der Waals surface area contributed by atoms with Crippen LogP contribution in [0.4, 0.5) is 5.82 Å². The number of nitrogens with zero attached hydrogens (tertiary/aromatic N) is 4. The summed E-state index contributed by atoms with van der Waals surface area (Å²) in [5, 5.41) is 6.08. The van der Waals surface area contributed by atoms with E-state index in [0.717, 1.165) is 22.8 Å². The summed E-state index contributed by atoms with van der Waals surface area (Å²) >= 11 is 0. The lowest BCUT2D eigenvalue weighted by molar-refractivity contribution is -0.116. The number of anilines is 1. The fourth-order valence-corrected chi connectivity index (χ4v) is 2.76. The van der Waals surface area contributed by atoms with Gasteiger partial charge in [0.1, 0.15) is 23.3 Å². The quantitative estimate of drug-likeness (QED) is 0.489. The summed E-state index contributed by atoms with van der Waals surface area (Å²) in [5.41, 5.74) is 2.17. The van der Waals surface area contributed by atoms with Crippen molar-refractivity contribution in [2.75, 3.05) is 18.4 Å². The maximum atomic E-state index is 12.0. The van der Waals surface area contributed by atoms with Crippen molar-refractivity contribution in [2.24, 2.45) is 0 Å². The van der Waals surface area contributed by atoms with Gasteiger partial charge in [-0.1, -0.05) is 24.3 Å². The van der Waals surface area contributed by atoms with Crippen molar-refractivity contribution in [2.45, 2.75) is 20.8 Å². The molecule has 0 radical (unpaired) electrons. The van der Waals surface area contributed by atoms with Crippen LogP contribution in [-0.4, -0.2) is 38.5 Å². The van der Waals surface area contributed by atoms with Crippen molar-refractivity contribution in [3.8, 4) is 5.82 Å². The first-order valence-electron chi connectivity index (χ1n) is 9.14. The molecule has 0 saturated heterocycles. The Hall–Kier alpha value is -3.48. The van der Waals surface area contributed by atoms with Crippen LogP contribution in [0.1, 0.15) is 22.8 Å². The second-order valence-corrected chi connectivity index (χ2v) is 6.41. The zero-order valence-electron chi connectivity index (χ0n) is 16.3. The van der Waals surface area contributed by atoms with Gasteiger partial charge < -0.3 is 10.6 Å². The van der Waals surface area contributed by atoms with E-state index in [4.69, 9.17) is 0 Å². The molecule has 2 aromatic heterocycles. The van der Waals surface area contributed by atoms with E-state index in [1.807, 2.05) is 67.9 Å². The van der Waals surface area contributed by atoms with E-state index in [1.165, 1.54) is 0 Å². The highest BCUT2D eigenvalue weighted by Gasteiger charge is 2.06. The number of benzene rings is 1. The van der Waals surface area contributed by atoms with E-state index in [-0.39, 0.29) is 5.91 Å². The molecule has 7 nitrogen and oxygen atoms in total. The molecule has 0 aliphatic carbocycles. The van der Waals surface area contributed by atoms with E-state index < -0.39 is 0 Å². The largest absolute Gasteiger partial charge is 0.368 e. The third-order valence-electron chi connectivity index (χ3n) is 4.23. The van der Waals surface area contributed by atoms with Gasteiger partial charge in [0.15, 0.2) is 0 Å².